The van der Waals surface area contributed by atoms with E-state index in [0.29, 0.717) is 11.6 Å². The van der Waals surface area contributed by atoms with Gasteiger partial charge in [0.1, 0.15) is 5.69 Å². The molecule has 0 fully saturated rings. The van der Waals surface area contributed by atoms with Gasteiger partial charge in [0, 0.05) is 17.8 Å². The fourth-order valence-corrected chi connectivity index (χ4v) is 1.48. The van der Waals surface area contributed by atoms with Crippen LogP contribution in [0.25, 0.3) is 0 Å². The molecule has 0 saturated heterocycles. The second kappa shape index (κ2) is 4.37. The van der Waals surface area contributed by atoms with Crippen molar-refractivity contribution >= 4 is 17.3 Å². The van der Waals surface area contributed by atoms with E-state index >= 15 is 0 Å². The van der Waals surface area contributed by atoms with E-state index in [1.165, 1.54) is 6.33 Å². The Morgan fingerprint density at radius 3 is 2.62 bits per heavy atom. The fraction of sp³-hybridized carbons (Fsp3) is 0.0909. The van der Waals surface area contributed by atoms with E-state index in [0.717, 1.165) is 5.56 Å². The zero-order valence-electron chi connectivity index (χ0n) is 8.43. The summed E-state index contributed by atoms with van der Waals surface area (Å²) in [5.41, 5.74) is 6.30. The lowest BCUT2D eigenvalue weighted by Crippen LogP contribution is -2.15. The van der Waals surface area contributed by atoms with Gasteiger partial charge in [-0.3, -0.25) is 4.79 Å². The van der Waals surface area contributed by atoms with Gasteiger partial charge in [-0.05, 0) is 17.7 Å². The van der Waals surface area contributed by atoms with Gasteiger partial charge >= 0.3 is 0 Å². The Bertz CT molecular complexity index is 548. The molecule has 0 radical (unpaired) electrons. The third-order valence-electron chi connectivity index (χ3n) is 2.15. The molecule has 1 aromatic carbocycles. The summed E-state index contributed by atoms with van der Waals surface area (Å²) in [5, 5.41) is 0.696. The molecule has 0 saturated carbocycles. The third kappa shape index (κ3) is 2.41. The molecule has 16 heavy (non-hydrogen) atoms. The number of halogens is 1. The first kappa shape index (κ1) is 10.7. The van der Waals surface area contributed by atoms with Crippen molar-refractivity contribution in [2.75, 3.05) is 5.73 Å². The van der Waals surface area contributed by atoms with Crippen molar-refractivity contribution in [1.82, 2.24) is 9.55 Å². The maximum Gasteiger partial charge on any atom is 0.295 e. The average molecular weight is 236 g/mol. The SMILES string of the molecule is Nc1cn(Cc2ccc(Cl)cc2)cnc1=O. The molecule has 0 amide bonds. The molecule has 2 rings (SSSR count). The molecule has 0 spiro atoms. The molecule has 1 aromatic heterocycles. The second-order valence-corrected chi connectivity index (χ2v) is 3.87. The Labute approximate surface area is 97.3 Å². The Balaban J connectivity index is 2.23. The summed E-state index contributed by atoms with van der Waals surface area (Å²) in [6.07, 6.45) is 3.04. The normalized spacial score (nSPS) is 10.3. The van der Waals surface area contributed by atoms with Crippen LogP contribution in [0.15, 0.2) is 41.6 Å². The maximum atomic E-state index is 11.0. The van der Waals surface area contributed by atoms with Gasteiger partial charge in [-0.25, -0.2) is 0 Å². The third-order valence-corrected chi connectivity index (χ3v) is 2.41. The van der Waals surface area contributed by atoms with Crippen LogP contribution in [0.3, 0.4) is 0 Å². The number of rotatable bonds is 2. The number of nitrogens with two attached hydrogens (primary N) is 1. The van der Waals surface area contributed by atoms with Crippen molar-refractivity contribution in [3.8, 4) is 0 Å². The average Bonchev–Trinajstić information content (AvgIpc) is 2.27. The van der Waals surface area contributed by atoms with Crippen molar-refractivity contribution in [3.05, 3.63) is 57.7 Å². The predicted octanol–water partition coefficient (Wildman–Crippen LogP) is 1.53. The highest BCUT2D eigenvalue weighted by atomic mass is 35.5. The number of anilines is 1. The molecular formula is C11H10ClN3O. The minimum absolute atomic E-state index is 0.150. The smallest absolute Gasteiger partial charge is 0.295 e. The van der Waals surface area contributed by atoms with Gasteiger partial charge in [0.2, 0.25) is 0 Å². The summed E-state index contributed by atoms with van der Waals surface area (Å²) in [4.78, 5) is 14.7. The van der Waals surface area contributed by atoms with Gasteiger partial charge in [-0.15, -0.1) is 0 Å². The van der Waals surface area contributed by atoms with Gasteiger partial charge in [0.15, 0.2) is 0 Å². The number of nitrogen functional groups attached to an aromatic ring is 1. The summed E-state index contributed by atoms with van der Waals surface area (Å²) in [6.45, 7) is 0.606. The first-order valence-electron chi connectivity index (χ1n) is 4.71. The Morgan fingerprint density at radius 2 is 2.00 bits per heavy atom. The largest absolute Gasteiger partial charge is 0.393 e. The fourth-order valence-electron chi connectivity index (χ4n) is 1.36. The van der Waals surface area contributed by atoms with Gasteiger partial charge in [-0.2, -0.15) is 4.98 Å². The van der Waals surface area contributed by atoms with Crippen LogP contribution in [0.5, 0.6) is 0 Å². The van der Waals surface area contributed by atoms with E-state index in [9.17, 15) is 4.79 Å². The molecule has 0 atom stereocenters. The van der Waals surface area contributed by atoms with Gasteiger partial charge in [-0.1, -0.05) is 23.7 Å². The van der Waals surface area contributed by atoms with Crippen LogP contribution >= 0.6 is 11.6 Å². The standard InChI is InChI=1S/C11H10ClN3O/c12-9-3-1-8(2-4-9)5-15-6-10(13)11(16)14-7-15/h1-4,6-7H,5,13H2. The minimum atomic E-state index is -0.396. The van der Waals surface area contributed by atoms with Crippen LogP contribution in [0.4, 0.5) is 5.69 Å². The second-order valence-electron chi connectivity index (χ2n) is 3.43. The van der Waals surface area contributed by atoms with Crippen LogP contribution in [-0.2, 0) is 6.54 Å². The van der Waals surface area contributed by atoms with E-state index in [2.05, 4.69) is 4.98 Å². The van der Waals surface area contributed by atoms with E-state index in [-0.39, 0.29) is 5.69 Å². The predicted molar refractivity (Wildman–Crippen MR) is 63.5 cm³/mol. The molecule has 5 heteroatoms. The summed E-state index contributed by atoms with van der Waals surface area (Å²) in [5.74, 6) is 0. The quantitative estimate of drug-likeness (QED) is 0.859. The minimum Gasteiger partial charge on any atom is -0.393 e. The van der Waals surface area contributed by atoms with Crippen molar-refractivity contribution in [2.24, 2.45) is 0 Å². The van der Waals surface area contributed by atoms with Crippen molar-refractivity contribution < 1.29 is 0 Å². The summed E-state index contributed by atoms with van der Waals surface area (Å²) < 4.78 is 1.75. The van der Waals surface area contributed by atoms with E-state index < -0.39 is 5.56 Å². The molecule has 2 aromatic rings. The molecule has 0 aliphatic rings. The number of hydrogen-bond acceptors (Lipinski definition) is 3. The molecule has 0 unspecified atom stereocenters. The number of benzene rings is 1. The van der Waals surface area contributed by atoms with E-state index in [4.69, 9.17) is 17.3 Å². The highest BCUT2D eigenvalue weighted by Crippen LogP contribution is 2.10. The zero-order valence-corrected chi connectivity index (χ0v) is 9.19. The van der Waals surface area contributed by atoms with Crippen LogP contribution < -0.4 is 11.3 Å². The lowest BCUT2D eigenvalue weighted by molar-refractivity contribution is 0.763. The van der Waals surface area contributed by atoms with Gasteiger partial charge in [0.25, 0.3) is 5.56 Å². The zero-order chi connectivity index (χ0) is 11.5. The van der Waals surface area contributed by atoms with Crippen LogP contribution in [0, 0.1) is 0 Å². The number of aromatic nitrogens is 2. The van der Waals surface area contributed by atoms with Crippen LogP contribution in [0.1, 0.15) is 5.56 Å². The molecule has 0 aliphatic heterocycles. The molecule has 2 N–H and O–H groups in total. The topological polar surface area (TPSA) is 60.9 Å². The molecule has 1 heterocycles. The number of nitrogens with zero attached hydrogens (tertiary/aromatic N) is 2. The van der Waals surface area contributed by atoms with Gasteiger partial charge < -0.3 is 10.3 Å². The molecular weight excluding hydrogens is 226 g/mol. The summed E-state index contributed by atoms with van der Waals surface area (Å²) in [6, 6.07) is 7.46. The Morgan fingerprint density at radius 1 is 1.31 bits per heavy atom. The molecule has 82 valence electrons. The van der Waals surface area contributed by atoms with Crippen LogP contribution in [-0.4, -0.2) is 9.55 Å². The first-order valence-corrected chi connectivity index (χ1v) is 5.09. The summed E-state index contributed by atoms with van der Waals surface area (Å²) >= 11 is 5.78. The monoisotopic (exact) mass is 235 g/mol. The molecule has 0 aliphatic carbocycles. The van der Waals surface area contributed by atoms with Crippen molar-refractivity contribution in [1.29, 1.82) is 0 Å². The summed E-state index contributed by atoms with van der Waals surface area (Å²) in [7, 11) is 0. The van der Waals surface area contributed by atoms with Crippen molar-refractivity contribution in [2.45, 2.75) is 6.54 Å². The molecule has 0 bridgehead atoms. The highest BCUT2D eigenvalue weighted by Gasteiger charge is 1.98. The van der Waals surface area contributed by atoms with E-state index in [1.807, 2.05) is 24.3 Å². The lowest BCUT2D eigenvalue weighted by Gasteiger charge is -2.06. The maximum absolute atomic E-state index is 11.0. The Hall–Kier alpha value is -1.81. The highest BCUT2D eigenvalue weighted by molar-refractivity contribution is 6.30. The first-order chi connectivity index (χ1) is 7.65. The molecule has 4 nitrogen and oxygen atoms in total. The number of hydrogen-bond donors (Lipinski definition) is 1. The van der Waals surface area contributed by atoms with E-state index in [1.54, 1.807) is 10.8 Å². The van der Waals surface area contributed by atoms with Crippen molar-refractivity contribution in [3.63, 3.8) is 0 Å². The van der Waals surface area contributed by atoms with Crippen LogP contribution in [0.2, 0.25) is 5.02 Å². The lowest BCUT2D eigenvalue weighted by atomic mass is 10.2. The van der Waals surface area contributed by atoms with Gasteiger partial charge in [0.05, 0.1) is 6.33 Å². The Kier molecular flexibility index (Phi) is 2.92.